The molecule has 1 aromatic carbocycles. The van der Waals surface area contributed by atoms with Gasteiger partial charge in [0, 0.05) is 37.6 Å². The molecule has 1 fully saturated rings. The van der Waals surface area contributed by atoms with Gasteiger partial charge in [-0.05, 0) is 27.4 Å². The molecule has 156 valence electrons. The van der Waals surface area contributed by atoms with Crippen LogP contribution in [0.3, 0.4) is 0 Å². The summed E-state index contributed by atoms with van der Waals surface area (Å²) in [5, 5.41) is 14.6. The third kappa shape index (κ3) is 5.78. The van der Waals surface area contributed by atoms with Crippen LogP contribution in [0.25, 0.3) is 6.08 Å². The molecule has 0 N–H and O–H groups in total. The van der Waals surface area contributed by atoms with Crippen molar-refractivity contribution in [2.45, 2.75) is 11.7 Å². The first kappa shape index (κ1) is 20.8. The van der Waals surface area contributed by atoms with Gasteiger partial charge in [0.15, 0.2) is 0 Å². The molecule has 7 nitrogen and oxygen atoms in total. The maximum absolute atomic E-state index is 12.6. The van der Waals surface area contributed by atoms with E-state index in [0.29, 0.717) is 17.5 Å². The molecule has 2 aromatic heterocycles. The minimum Gasteiger partial charge on any atom is -0.339 e. The number of benzene rings is 1. The second-order valence-electron chi connectivity index (χ2n) is 6.98. The maximum atomic E-state index is 12.6. The quantitative estimate of drug-likeness (QED) is 0.502. The van der Waals surface area contributed by atoms with Crippen LogP contribution in [0.15, 0.2) is 59.1 Å². The average Bonchev–Trinajstić information content (AvgIpc) is 3.46. The fourth-order valence-corrected chi connectivity index (χ4v) is 4.71. The monoisotopic (exact) mass is 440 g/mol. The first-order valence-electron chi connectivity index (χ1n) is 9.91. The molecule has 0 bridgehead atoms. The summed E-state index contributed by atoms with van der Waals surface area (Å²) in [6, 6.07) is 14.4. The van der Waals surface area contributed by atoms with Crippen molar-refractivity contribution < 1.29 is 4.79 Å². The number of carbonyl (C=O) groups excluding carboxylic acids is 1. The molecule has 9 heteroatoms. The van der Waals surface area contributed by atoms with E-state index in [0.717, 1.165) is 32.7 Å². The Hall–Kier alpha value is -2.49. The van der Waals surface area contributed by atoms with Gasteiger partial charge in [-0.1, -0.05) is 60.3 Å². The Morgan fingerprint density at radius 2 is 1.93 bits per heavy atom. The minimum atomic E-state index is 0.144. The molecular formula is C21H24N6OS2. The van der Waals surface area contributed by atoms with Crippen molar-refractivity contribution in [3.8, 4) is 0 Å². The summed E-state index contributed by atoms with van der Waals surface area (Å²) in [7, 11) is 0. The molecule has 0 radical (unpaired) electrons. The normalized spacial score (nSPS) is 15.1. The smallest absolute Gasteiger partial charge is 0.233 e. The van der Waals surface area contributed by atoms with Crippen LogP contribution in [0.5, 0.6) is 0 Å². The van der Waals surface area contributed by atoms with Crippen LogP contribution in [-0.2, 0) is 11.3 Å². The van der Waals surface area contributed by atoms with Gasteiger partial charge in [-0.3, -0.25) is 9.69 Å². The molecule has 3 heterocycles. The Bertz CT molecular complexity index is 949. The Kier molecular flexibility index (Phi) is 7.28. The van der Waals surface area contributed by atoms with Crippen molar-refractivity contribution in [3.05, 3.63) is 64.4 Å². The molecule has 0 spiro atoms. The van der Waals surface area contributed by atoms with Crippen LogP contribution < -0.4 is 0 Å². The maximum Gasteiger partial charge on any atom is 0.233 e. The van der Waals surface area contributed by atoms with Gasteiger partial charge < -0.3 is 4.90 Å². The van der Waals surface area contributed by atoms with E-state index in [4.69, 9.17) is 0 Å². The predicted octanol–water partition coefficient (Wildman–Crippen LogP) is 2.73. The number of thioether (sulfide) groups is 1. The van der Waals surface area contributed by atoms with Gasteiger partial charge in [0.1, 0.15) is 0 Å². The summed E-state index contributed by atoms with van der Waals surface area (Å²) in [5.41, 5.74) is 1.21. The third-order valence-corrected chi connectivity index (χ3v) is 6.71. The largest absolute Gasteiger partial charge is 0.339 e. The zero-order valence-electron chi connectivity index (χ0n) is 16.6. The minimum absolute atomic E-state index is 0.144. The van der Waals surface area contributed by atoms with Crippen LogP contribution in [0.2, 0.25) is 0 Å². The number of rotatable bonds is 8. The molecule has 3 aromatic rings. The van der Waals surface area contributed by atoms with Crippen molar-refractivity contribution in [3.63, 3.8) is 0 Å². The van der Waals surface area contributed by atoms with E-state index in [9.17, 15) is 4.79 Å². The lowest BCUT2D eigenvalue weighted by Crippen LogP contribution is -2.49. The van der Waals surface area contributed by atoms with Crippen LogP contribution in [0.1, 0.15) is 10.4 Å². The first-order valence-corrected chi connectivity index (χ1v) is 11.8. The number of hydrogen-bond acceptors (Lipinski definition) is 7. The molecule has 1 aliphatic heterocycles. The van der Waals surface area contributed by atoms with Crippen molar-refractivity contribution >= 4 is 35.1 Å². The van der Waals surface area contributed by atoms with E-state index in [2.05, 4.69) is 50.8 Å². The van der Waals surface area contributed by atoms with E-state index >= 15 is 0 Å². The molecule has 1 aliphatic rings. The molecule has 30 heavy (non-hydrogen) atoms. The highest BCUT2D eigenvalue weighted by Crippen LogP contribution is 2.18. The van der Waals surface area contributed by atoms with Crippen LogP contribution in [0, 0.1) is 0 Å². The van der Waals surface area contributed by atoms with Gasteiger partial charge in [0.2, 0.25) is 11.1 Å². The second-order valence-corrected chi connectivity index (χ2v) is 8.96. The predicted molar refractivity (Wildman–Crippen MR) is 120 cm³/mol. The Labute approximate surface area is 184 Å². The fourth-order valence-electron chi connectivity index (χ4n) is 3.25. The number of amides is 1. The van der Waals surface area contributed by atoms with Crippen molar-refractivity contribution in [1.82, 2.24) is 30.0 Å². The highest BCUT2D eigenvalue weighted by Gasteiger charge is 2.21. The molecule has 4 rings (SSSR count). The number of aromatic nitrogens is 4. The van der Waals surface area contributed by atoms with E-state index in [1.54, 1.807) is 16.0 Å². The first-order chi connectivity index (χ1) is 14.8. The second kappa shape index (κ2) is 10.5. The zero-order valence-corrected chi connectivity index (χ0v) is 18.3. The van der Waals surface area contributed by atoms with E-state index < -0.39 is 0 Å². The third-order valence-electron chi connectivity index (χ3n) is 4.91. The standard InChI is InChI=1S/C21H24N6OS2/c28-20(17-30-21-22-23-24-27(21)16-19-9-5-15-29-19)26-13-11-25(12-14-26)10-4-8-18-6-2-1-3-7-18/h1-9,15H,10-14,16-17H2/b8-4+. The Balaban J connectivity index is 1.20. The highest BCUT2D eigenvalue weighted by atomic mass is 32.2. The lowest BCUT2D eigenvalue weighted by atomic mass is 10.2. The number of thiophene rings is 1. The zero-order chi connectivity index (χ0) is 20.6. The van der Waals surface area contributed by atoms with E-state index in [1.807, 2.05) is 34.5 Å². The van der Waals surface area contributed by atoms with Gasteiger partial charge in [0.05, 0.1) is 12.3 Å². The van der Waals surface area contributed by atoms with Crippen LogP contribution in [-0.4, -0.2) is 74.4 Å². The van der Waals surface area contributed by atoms with Crippen molar-refractivity contribution in [1.29, 1.82) is 0 Å². The van der Waals surface area contributed by atoms with Gasteiger partial charge >= 0.3 is 0 Å². The molecular weight excluding hydrogens is 416 g/mol. The molecule has 1 saturated heterocycles. The summed E-state index contributed by atoms with van der Waals surface area (Å²) < 4.78 is 1.75. The van der Waals surface area contributed by atoms with Crippen molar-refractivity contribution in [2.24, 2.45) is 0 Å². The molecule has 0 saturated carbocycles. The number of tetrazole rings is 1. The van der Waals surface area contributed by atoms with Crippen LogP contribution in [0.4, 0.5) is 0 Å². The lowest BCUT2D eigenvalue weighted by Gasteiger charge is -2.34. The molecule has 0 aliphatic carbocycles. The average molecular weight is 441 g/mol. The molecule has 0 atom stereocenters. The summed E-state index contributed by atoms with van der Waals surface area (Å²) in [5.74, 6) is 0.504. The van der Waals surface area contributed by atoms with Gasteiger partial charge in [-0.15, -0.1) is 16.4 Å². The Morgan fingerprint density at radius 3 is 2.70 bits per heavy atom. The highest BCUT2D eigenvalue weighted by molar-refractivity contribution is 7.99. The molecule has 0 unspecified atom stereocenters. The lowest BCUT2D eigenvalue weighted by molar-refractivity contribution is -0.130. The Morgan fingerprint density at radius 1 is 1.10 bits per heavy atom. The molecule has 1 amide bonds. The summed E-state index contributed by atoms with van der Waals surface area (Å²) >= 11 is 3.08. The number of piperazine rings is 1. The summed E-state index contributed by atoms with van der Waals surface area (Å²) in [4.78, 5) is 18.1. The van der Waals surface area contributed by atoms with Gasteiger partial charge in [0.25, 0.3) is 0 Å². The van der Waals surface area contributed by atoms with Gasteiger partial charge in [-0.2, -0.15) is 0 Å². The number of carbonyl (C=O) groups is 1. The number of hydrogen-bond donors (Lipinski definition) is 0. The summed E-state index contributed by atoms with van der Waals surface area (Å²) in [6.45, 7) is 4.86. The van der Waals surface area contributed by atoms with Gasteiger partial charge in [-0.25, -0.2) is 4.68 Å². The van der Waals surface area contributed by atoms with Crippen molar-refractivity contribution in [2.75, 3.05) is 38.5 Å². The van der Waals surface area contributed by atoms with E-state index in [-0.39, 0.29) is 5.91 Å². The summed E-state index contributed by atoms with van der Waals surface area (Å²) in [6.07, 6.45) is 4.34. The number of nitrogens with zero attached hydrogens (tertiary/aromatic N) is 6. The van der Waals surface area contributed by atoms with Crippen LogP contribution >= 0.6 is 23.1 Å². The van der Waals surface area contributed by atoms with E-state index in [1.165, 1.54) is 22.2 Å². The SMILES string of the molecule is O=C(CSc1nnnn1Cc1cccs1)N1CCN(C/C=C/c2ccccc2)CC1. The topological polar surface area (TPSA) is 67.2 Å². The fraction of sp³-hybridized carbons (Fsp3) is 0.333.